The quantitative estimate of drug-likeness (QED) is 0.869. The summed E-state index contributed by atoms with van der Waals surface area (Å²) >= 11 is 0. The molecule has 0 bridgehead atoms. The number of ether oxygens (including phenoxy) is 1. The fourth-order valence-electron chi connectivity index (χ4n) is 1.50. The molecule has 0 saturated heterocycles. The van der Waals surface area contributed by atoms with E-state index in [1.165, 1.54) is 24.1 Å². The van der Waals surface area contributed by atoms with Gasteiger partial charge in [0.15, 0.2) is 0 Å². The van der Waals surface area contributed by atoms with E-state index in [2.05, 4.69) is 0 Å². The second-order valence-corrected chi connectivity index (χ2v) is 4.34. The van der Waals surface area contributed by atoms with Crippen molar-refractivity contribution in [3.63, 3.8) is 0 Å². The van der Waals surface area contributed by atoms with Crippen LogP contribution >= 0.6 is 0 Å². The second kappa shape index (κ2) is 6.35. The van der Waals surface area contributed by atoms with Crippen molar-refractivity contribution < 1.29 is 13.9 Å². The minimum atomic E-state index is -0.577. The van der Waals surface area contributed by atoms with Gasteiger partial charge in [-0.3, -0.25) is 4.79 Å². The van der Waals surface area contributed by atoms with E-state index in [1.54, 1.807) is 13.1 Å². The first-order chi connectivity index (χ1) is 8.45. The molecule has 0 saturated carbocycles. The van der Waals surface area contributed by atoms with Gasteiger partial charge in [0, 0.05) is 25.7 Å². The van der Waals surface area contributed by atoms with Crippen LogP contribution in [0.3, 0.4) is 0 Å². The summed E-state index contributed by atoms with van der Waals surface area (Å²) in [6, 6.07) is 4.21. The average molecular weight is 254 g/mol. The van der Waals surface area contributed by atoms with Crippen LogP contribution in [0.25, 0.3) is 0 Å². The summed E-state index contributed by atoms with van der Waals surface area (Å²) < 4.78 is 18.6. The van der Waals surface area contributed by atoms with Crippen LogP contribution < -0.4 is 10.5 Å². The van der Waals surface area contributed by atoms with Gasteiger partial charge in [-0.25, -0.2) is 4.39 Å². The molecule has 0 radical (unpaired) electrons. The van der Waals surface area contributed by atoms with Crippen LogP contribution in [-0.4, -0.2) is 37.6 Å². The largest absolute Gasteiger partial charge is 0.497 e. The molecule has 2 N–H and O–H groups in total. The standard InChI is InChI=1S/C13H19FN2O2/c1-9(15)6-7-16(2)13(17)11-5-4-10(18-3)8-12(11)14/h4-5,8-9H,6-7,15H2,1-3H3. The van der Waals surface area contributed by atoms with Gasteiger partial charge in [0.05, 0.1) is 12.7 Å². The van der Waals surface area contributed by atoms with E-state index < -0.39 is 5.82 Å². The molecule has 0 fully saturated rings. The Balaban J connectivity index is 2.77. The third kappa shape index (κ3) is 3.70. The van der Waals surface area contributed by atoms with Gasteiger partial charge in [0.25, 0.3) is 5.91 Å². The summed E-state index contributed by atoms with van der Waals surface area (Å²) in [4.78, 5) is 13.4. The molecule has 0 aliphatic heterocycles. The Labute approximate surface area is 107 Å². The first kappa shape index (κ1) is 14.4. The molecule has 0 heterocycles. The van der Waals surface area contributed by atoms with Crippen molar-refractivity contribution in [2.24, 2.45) is 5.73 Å². The maximum Gasteiger partial charge on any atom is 0.256 e. The maximum atomic E-state index is 13.7. The van der Waals surface area contributed by atoms with Crippen molar-refractivity contribution in [2.75, 3.05) is 20.7 Å². The highest BCUT2D eigenvalue weighted by Crippen LogP contribution is 2.17. The van der Waals surface area contributed by atoms with Crippen molar-refractivity contribution >= 4 is 5.91 Å². The number of carbonyl (C=O) groups is 1. The first-order valence-electron chi connectivity index (χ1n) is 5.80. The number of hydrogen-bond donors (Lipinski definition) is 1. The lowest BCUT2D eigenvalue weighted by Gasteiger charge is -2.18. The number of nitrogens with two attached hydrogens (primary N) is 1. The Morgan fingerprint density at radius 1 is 1.56 bits per heavy atom. The van der Waals surface area contributed by atoms with E-state index in [1.807, 2.05) is 6.92 Å². The number of benzene rings is 1. The van der Waals surface area contributed by atoms with E-state index >= 15 is 0 Å². The van der Waals surface area contributed by atoms with E-state index in [-0.39, 0.29) is 17.5 Å². The van der Waals surface area contributed by atoms with Crippen LogP contribution in [-0.2, 0) is 0 Å². The smallest absolute Gasteiger partial charge is 0.256 e. The molecule has 1 unspecified atom stereocenters. The summed E-state index contributed by atoms with van der Waals surface area (Å²) in [7, 11) is 3.08. The van der Waals surface area contributed by atoms with Gasteiger partial charge in [-0.2, -0.15) is 0 Å². The average Bonchev–Trinajstić information content (AvgIpc) is 2.34. The van der Waals surface area contributed by atoms with Crippen LogP contribution in [0.15, 0.2) is 18.2 Å². The van der Waals surface area contributed by atoms with Crippen LogP contribution in [0.5, 0.6) is 5.75 Å². The molecule has 4 nitrogen and oxygen atoms in total. The molecule has 1 aromatic rings. The summed E-state index contributed by atoms with van der Waals surface area (Å²) in [5.41, 5.74) is 5.66. The number of carbonyl (C=O) groups excluding carboxylic acids is 1. The van der Waals surface area contributed by atoms with Crippen molar-refractivity contribution in [3.05, 3.63) is 29.6 Å². The zero-order valence-corrected chi connectivity index (χ0v) is 10.9. The molecule has 1 amide bonds. The van der Waals surface area contributed by atoms with Crippen LogP contribution in [0.1, 0.15) is 23.7 Å². The molecule has 0 aromatic heterocycles. The minimum absolute atomic E-state index is 0.0148. The molecule has 1 atom stereocenters. The zero-order chi connectivity index (χ0) is 13.7. The predicted octanol–water partition coefficient (Wildman–Crippen LogP) is 1.64. The van der Waals surface area contributed by atoms with Crippen molar-refractivity contribution in [3.8, 4) is 5.75 Å². The number of halogens is 1. The highest BCUT2D eigenvalue weighted by molar-refractivity contribution is 5.94. The van der Waals surface area contributed by atoms with Gasteiger partial charge in [-0.05, 0) is 25.5 Å². The molecule has 1 aromatic carbocycles. The van der Waals surface area contributed by atoms with Crippen molar-refractivity contribution in [2.45, 2.75) is 19.4 Å². The van der Waals surface area contributed by atoms with E-state index in [0.29, 0.717) is 18.7 Å². The molecule has 1 rings (SSSR count). The van der Waals surface area contributed by atoms with Gasteiger partial charge in [-0.15, -0.1) is 0 Å². The second-order valence-electron chi connectivity index (χ2n) is 4.34. The zero-order valence-electron chi connectivity index (χ0n) is 10.9. The normalized spacial score (nSPS) is 12.1. The molecule has 18 heavy (non-hydrogen) atoms. The van der Waals surface area contributed by atoms with Gasteiger partial charge >= 0.3 is 0 Å². The molecule has 5 heteroatoms. The minimum Gasteiger partial charge on any atom is -0.497 e. The lowest BCUT2D eigenvalue weighted by molar-refractivity contribution is 0.0787. The highest BCUT2D eigenvalue weighted by Gasteiger charge is 2.16. The Bertz CT molecular complexity index is 421. The third-order valence-electron chi connectivity index (χ3n) is 2.67. The maximum absolute atomic E-state index is 13.7. The lowest BCUT2D eigenvalue weighted by atomic mass is 10.1. The third-order valence-corrected chi connectivity index (χ3v) is 2.67. The summed E-state index contributed by atoms with van der Waals surface area (Å²) in [6.07, 6.45) is 0.681. The first-order valence-corrected chi connectivity index (χ1v) is 5.80. The SMILES string of the molecule is COc1ccc(C(=O)N(C)CCC(C)N)c(F)c1. The molecule has 0 aliphatic rings. The fraction of sp³-hybridized carbons (Fsp3) is 0.462. The fourth-order valence-corrected chi connectivity index (χ4v) is 1.50. The topological polar surface area (TPSA) is 55.6 Å². The number of methoxy groups -OCH3 is 1. The molecular formula is C13H19FN2O2. The Kier molecular flexibility index (Phi) is 5.09. The van der Waals surface area contributed by atoms with Crippen LogP contribution in [0.4, 0.5) is 4.39 Å². The molecule has 0 aliphatic carbocycles. The van der Waals surface area contributed by atoms with Crippen molar-refractivity contribution in [1.29, 1.82) is 0 Å². The van der Waals surface area contributed by atoms with E-state index in [4.69, 9.17) is 10.5 Å². The van der Waals surface area contributed by atoms with Crippen LogP contribution in [0, 0.1) is 5.82 Å². The Morgan fingerprint density at radius 3 is 2.72 bits per heavy atom. The van der Waals surface area contributed by atoms with Crippen LogP contribution in [0.2, 0.25) is 0 Å². The van der Waals surface area contributed by atoms with E-state index in [0.717, 1.165) is 0 Å². The molecule has 0 spiro atoms. The van der Waals surface area contributed by atoms with Gasteiger partial charge in [0.2, 0.25) is 0 Å². The summed E-state index contributed by atoms with van der Waals surface area (Å²) in [5.74, 6) is -0.537. The number of hydrogen-bond acceptors (Lipinski definition) is 3. The van der Waals surface area contributed by atoms with Crippen molar-refractivity contribution in [1.82, 2.24) is 4.90 Å². The van der Waals surface area contributed by atoms with Gasteiger partial charge in [-0.1, -0.05) is 0 Å². The summed E-state index contributed by atoms with van der Waals surface area (Å²) in [5, 5.41) is 0. The predicted molar refractivity (Wildman–Crippen MR) is 68.2 cm³/mol. The molecular weight excluding hydrogens is 235 g/mol. The van der Waals surface area contributed by atoms with Gasteiger partial charge in [0.1, 0.15) is 11.6 Å². The monoisotopic (exact) mass is 254 g/mol. The van der Waals surface area contributed by atoms with Gasteiger partial charge < -0.3 is 15.4 Å². The Morgan fingerprint density at radius 2 is 2.22 bits per heavy atom. The number of nitrogens with zero attached hydrogens (tertiary/aromatic N) is 1. The molecule has 100 valence electrons. The lowest BCUT2D eigenvalue weighted by Crippen LogP contribution is -2.31. The highest BCUT2D eigenvalue weighted by atomic mass is 19.1. The summed E-state index contributed by atoms with van der Waals surface area (Å²) in [6.45, 7) is 2.37. The number of rotatable bonds is 5. The number of amides is 1. The van der Waals surface area contributed by atoms with E-state index in [9.17, 15) is 9.18 Å². The Hall–Kier alpha value is -1.62.